The number of hydrogen-bond donors (Lipinski definition) is 0. The zero-order valence-corrected chi connectivity index (χ0v) is 79.2. The van der Waals surface area contributed by atoms with Crippen LogP contribution in [-0.2, 0) is 87.4 Å². The van der Waals surface area contributed by atoms with Gasteiger partial charge in [-0.15, -0.1) is 11.8 Å². The number of benzene rings is 9. The number of ketones is 4. The van der Waals surface area contributed by atoms with E-state index in [9.17, 15) is 27.6 Å². The molecule has 0 aliphatic carbocycles. The molecule has 13 rings (SSSR count). The number of hydrogen-bond acceptors (Lipinski definition) is 17. The molecule has 644 valence electrons. The number of carbonyl (C=O) groups is 4. The first-order valence-corrected chi connectivity index (χ1v) is 46.9. The molecule has 0 unspecified atom stereocenters. The maximum atomic E-state index is 15.5. The van der Waals surface area contributed by atoms with E-state index in [0.29, 0.717) is 104 Å². The van der Waals surface area contributed by atoms with Crippen molar-refractivity contribution in [3.8, 4) is 0 Å². The van der Waals surface area contributed by atoms with Crippen LogP contribution < -0.4 is 0 Å². The molecule has 0 aliphatic heterocycles. The average molecular weight is 2060 g/mol. The third-order valence-corrected chi connectivity index (χ3v) is 24.8. The predicted molar refractivity (Wildman–Crippen MR) is 492 cm³/mol. The monoisotopic (exact) mass is 2060 g/mol. The number of thioether (sulfide) groups is 2. The van der Waals surface area contributed by atoms with Gasteiger partial charge in [-0.25, -0.2) is 45.9 Å². The largest absolute Gasteiger partial charge is 0.379 e. The third-order valence-electron chi connectivity index (χ3n) is 19.0. The zero-order valence-electron chi connectivity index (χ0n) is 67.4. The molecule has 9 aromatic carbocycles. The van der Waals surface area contributed by atoms with Crippen molar-refractivity contribution in [3.05, 3.63) is 281 Å². The van der Waals surface area contributed by atoms with Crippen LogP contribution in [0.25, 0.3) is 44.1 Å². The van der Waals surface area contributed by atoms with Gasteiger partial charge in [-0.05, 0) is 119 Å². The van der Waals surface area contributed by atoms with Crippen LogP contribution in [0.4, 0.5) is 17.6 Å². The maximum Gasteiger partial charge on any atom is 0.188 e. The SMILES string of the molecule is CC(C)COCCOCC(=O)c1cc2c(ncn2C)c(F)c1Cc1ccc(Br)cc1Cl.CSCCOCC(=O)c1cc2c(ncn2C)c(F)c1Cc1ccc(Br)cc1Cl.Cn1cnc2c(F)c(Cc3ccc(Br)cc3Cl)c(C(=O)COCCS(C)(=O)=O)cc21.Cn1cnc2c(F)c(Cc3ccc(Br)cc3Cl)c(C(=O)COCCSc3ccccc3)cc21. The number of rotatable bonds is 35. The van der Waals surface area contributed by atoms with Gasteiger partial charge in [0, 0.05) is 166 Å². The van der Waals surface area contributed by atoms with Crippen molar-refractivity contribution in [2.45, 2.75) is 44.4 Å². The van der Waals surface area contributed by atoms with Crippen LogP contribution in [-0.4, -0.2) is 166 Å². The topological polar surface area (TPSA) is 220 Å². The molecule has 0 saturated carbocycles. The van der Waals surface area contributed by atoms with E-state index >= 15 is 17.6 Å². The Hall–Kier alpha value is -7.21. The molecule has 0 bridgehead atoms. The van der Waals surface area contributed by atoms with Crippen LogP contribution in [0.5, 0.6) is 0 Å². The van der Waals surface area contributed by atoms with E-state index < -0.39 is 38.9 Å². The van der Waals surface area contributed by atoms with Gasteiger partial charge < -0.3 is 42.0 Å². The first kappa shape index (κ1) is 97.0. The molecule has 0 N–H and O–H groups in total. The Morgan fingerprint density at radius 2 is 0.705 bits per heavy atom. The Bertz CT molecular complexity index is 6090. The van der Waals surface area contributed by atoms with Crippen LogP contribution in [0.2, 0.25) is 20.1 Å². The highest BCUT2D eigenvalue weighted by molar-refractivity contribution is 9.11. The summed E-state index contributed by atoms with van der Waals surface area (Å²) in [6, 6.07) is 38.1. The highest BCUT2D eigenvalue weighted by Gasteiger charge is 2.28. The van der Waals surface area contributed by atoms with E-state index in [4.69, 9.17) is 70.1 Å². The van der Waals surface area contributed by atoms with Crippen molar-refractivity contribution in [3.63, 3.8) is 0 Å². The molecule has 19 nitrogen and oxygen atoms in total. The smallest absolute Gasteiger partial charge is 0.188 e. The van der Waals surface area contributed by atoms with Crippen molar-refractivity contribution in [2.24, 2.45) is 34.1 Å². The molecule has 0 spiro atoms. The molecule has 0 atom stereocenters. The van der Waals surface area contributed by atoms with Gasteiger partial charge in [0.05, 0.1) is 86.2 Å². The molecule has 0 fully saturated rings. The molecule has 0 radical (unpaired) electrons. The number of aryl methyl sites for hydroxylation is 4. The molecular formula is C88H84Br4Cl4F4N8O11S3. The van der Waals surface area contributed by atoms with Crippen molar-refractivity contribution >= 4 is 211 Å². The maximum absolute atomic E-state index is 15.5. The lowest BCUT2D eigenvalue weighted by Gasteiger charge is -2.13. The molecule has 4 aromatic heterocycles. The van der Waals surface area contributed by atoms with Crippen molar-refractivity contribution in [1.29, 1.82) is 0 Å². The Morgan fingerprint density at radius 1 is 0.418 bits per heavy atom. The molecular weight excluding hydrogens is 1980 g/mol. The van der Waals surface area contributed by atoms with E-state index in [1.807, 2.05) is 73.0 Å². The standard InChI is InChI=1S/C25H21BrClFN2O2S.C23H25BrClFN2O3.C20H19BrClFN2O4S.C20H19BrClFN2O2S/c1-30-15-29-25-22(30)13-19(20(24(25)28)11-16-7-8-17(26)12-21(16)27)23(31)14-32-9-10-33-18-5-3-2-4-6-18;1-14(2)11-30-6-7-31-12-21(29)17-10-20-23(27-13-28(20)3)22(26)18(17)8-15-4-5-16(24)9-19(15)25;1-25-11-24-20-17(25)9-14(18(26)10-29-5-6-30(2,27)28)15(19(20)23)7-12-3-4-13(21)8-16(12)22;1-25-11-24-20-17(25)9-14(18(26)10-27-5-6-28-2)15(19(20)23)7-12-3-4-13(21)8-16(12)22/h2-8,12-13,15H,9-11,14H2,1H3;4-5,9-10,13-14H,6-8,11-12H2,1-3H3;3-4,8-9,11H,5-7,10H2,1-2H3;3-4,8-9,11H,5-7,10H2,1-2H3. The summed E-state index contributed by atoms with van der Waals surface area (Å²) >= 11 is 42.1. The number of Topliss-reactive ketones (excluding diaryl/α,β-unsaturated/α-hetero) is 4. The molecule has 0 amide bonds. The summed E-state index contributed by atoms with van der Waals surface area (Å²) in [7, 11) is 3.80. The second-order valence-electron chi connectivity index (χ2n) is 28.6. The average Bonchev–Trinajstić information content (AvgIpc) is 1.62. The number of halogens is 12. The fourth-order valence-electron chi connectivity index (χ4n) is 12.7. The minimum atomic E-state index is -3.20. The summed E-state index contributed by atoms with van der Waals surface area (Å²) in [5.41, 5.74) is 7.85. The van der Waals surface area contributed by atoms with E-state index in [1.54, 1.807) is 131 Å². The summed E-state index contributed by atoms with van der Waals surface area (Å²) < 4.78 is 121. The van der Waals surface area contributed by atoms with Crippen LogP contribution >= 0.6 is 134 Å². The van der Waals surface area contributed by atoms with Gasteiger partial charge in [0.1, 0.15) is 58.3 Å². The third kappa shape index (κ3) is 26.2. The van der Waals surface area contributed by atoms with E-state index in [0.717, 1.165) is 51.5 Å². The van der Waals surface area contributed by atoms with Gasteiger partial charge in [0.2, 0.25) is 0 Å². The lowest BCUT2D eigenvalue weighted by molar-refractivity contribution is 0.0363. The van der Waals surface area contributed by atoms with Crippen LogP contribution in [0.15, 0.2) is 175 Å². The van der Waals surface area contributed by atoms with Crippen LogP contribution in [0, 0.1) is 29.2 Å². The minimum Gasteiger partial charge on any atom is -0.379 e. The number of ether oxygens (including phenoxy) is 5. The van der Waals surface area contributed by atoms with Crippen molar-refractivity contribution < 1.29 is 68.8 Å². The Morgan fingerprint density at radius 3 is 0.992 bits per heavy atom. The van der Waals surface area contributed by atoms with Gasteiger partial charge in [0.15, 0.2) is 46.4 Å². The lowest BCUT2D eigenvalue weighted by atomic mass is 9.95. The summed E-state index contributed by atoms with van der Waals surface area (Å²) in [4.78, 5) is 69.4. The number of nitrogens with zero attached hydrogens (tertiary/aromatic N) is 8. The number of carbonyl (C=O) groups excluding carboxylic acids is 4. The Balaban J connectivity index is 0.000000171. The van der Waals surface area contributed by atoms with Crippen molar-refractivity contribution in [1.82, 2.24) is 38.2 Å². The highest BCUT2D eigenvalue weighted by Crippen LogP contribution is 2.36. The summed E-state index contributed by atoms with van der Waals surface area (Å²) in [6.45, 7) is 5.49. The molecule has 4 heterocycles. The van der Waals surface area contributed by atoms with E-state index in [1.165, 1.54) is 25.3 Å². The molecule has 13 aromatic rings. The quantitative estimate of drug-likeness (QED) is 0.0156. The normalized spacial score (nSPS) is 11.5. The van der Waals surface area contributed by atoms with E-state index in [2.05, 4.69) is 97.5 Å². The number of fused-ring (bicyclic) bond motifs is 4. The number of imidazole rings is 4. The van der Waals surface area contributed by atoms with Crippen LogP contribution in [0.1, 0.15) is 99.8 Å². The van der Waals surface area contributed by atoms with Gasteiger partial charge in [-0.1, -0.05) is 166 Å². The van der Waals surface area contributed by atoms with Gasteiger partial charge in [0.25, 0.3) is 0 Å². The lowest BCUT2D eigenvalue weighted by Crippen LogP contribution is -2.17. The van der Waals surface area contributed by atoms with Crippen LogP contribution in [0.3, 0.4) is 0 Å². The molecule has 0 saturated heterocycles. The van der Waals surface area contributed by atoms with E-state index in [-0.39, 0.29) is 137 Å². The Labute approximate surface area is 766 Å². The predicted octanol–water partition coefficient (Wildman–Crippen LogP) is 21.5. The summed E-state index contributed by atoms with van der Waals surface area (Å²) in [5.74, 6) is -1.64. The van der Waals surface area contributed by atoms with Crippen molar-refractivity contribution in [2.75, 3.05) is 95.8 Å². The second-order valence-corrected chi connectivity index (χ2v) is 38.3. The number of aromatic nitrogens is 8. The second kappa shape index (κ2) is 45.8. The Kier molecular flexibility index (Phi) is 36.4. The fraction of sp³-hybridized carbons (Fsp3) is 0.295. The summed E-state index contributed by atoms with van der Waals surface area (Å²) in [5, 5.41) is 1.93. The minimum absolute atomic E-state index is 0.0921. The molecule has 0 aliphatic rings. The first-order valence-electron chi connectivity index (χ1n) is 37.8. The van der Waals surface area contributed by atoms with Gasteiger partial charge in [-0.2, -0.15) is 11.8 Å². The first-order chi connectivity index (χ1) is 58.2. The number of sulfone groups is 1. The van der Waals surface area contributed by atoms with Gasteiger partial charge in [-0.3, -0.25) is 19.2 Å². The van der Waals surface area contributed by atoms with Gasteiger partial charge >= 0.3 is 0 Å². The fourth-order valence-corrected chi connectivity index (χ4v) is 17.1. The molecule has 122 heavy (non-hydrogen) atoms. The molecule has 34 heteroatoms. The highest BCUT2D eigenvalue weighted by atomic mass is 79.9. The summed E-state index contributed by atoms with van der Waals surface area (Å²) in [6.07, 6.45) is 9.76. The zero-order chi connectivity index (χ0) is 88.2.